The van der Waals surface area contributed by atoms with Crippen LogP contribution in [0.2, 0.25) is 0 Å². The molecule has 0 aliphatic rings. The molecule has 87 valence electrons. The maximum atomic E-state index is 5.72. The molecule has 0 fully saturated rings. The van der Waals surface area contributed by atoms with Gasteiger partial charge >= 0.3 is 0 Å². The molecule has 1 radical (unpaired) electrons. The SMILES string of the molecule is CC(C)COc1cccc(-c2cc[c]cc2)c1. The second-order valence-corrected chi connectivity index (χ2v) is 4.52. The minimum atomic E-state index is 0.546. The molecular formula is C16H17O. The highest BCUT2D eigenvalue weighted by atomic mass is 16.5. The number of benzene rings is 2. The summed E-state index contributed by atoms with van der Waals surface area (Å²) in [6.07, 6.45) is 0. The lowest BCUT2D eigenvalue weighted by Crippen LogP contribution is -2.04. The Balaban J connectivity index is 2.17. The van der Waals surface area contributed by atoms with E-state index in [4.69, 9.17) is 4.74 Å². The van der Waals surface area contributed by atoms with Crippen molar-refractivity contribution in [3.05, 3.63) is 54.6 Å². The summed E-state index contributed by atoms with van der Waals surface area (Å²) in [5.74, 6) is 1.48. The molecule has 2 aromatic rings. The zero-order valence-electron chi connectivity index (χ0n) is 10.3. The van der Waals surface area contributed by atoms with Gasteiger partial charge in [0.25, 0.3) is 0 Å². The predicted molar refractivity (Wildman–Crippen MR) is 71.0 cm³/mol. The molecule has 0 bridgehead atoms. The van der Waals surface area contributed by atoms with Crippen LogP contribution in [0.25, 0.3) is 11.1 Å². The Bertz CT molecular complexity index is 460. The van der Waals surface area contributed by atoms with E-state index >= 15 is 0 Å². The number of rotatable bonds is 4. The molecule has 0 aromatic heterocycles. The highest BCUT2D eigenvalue weighted by Gasteiger charge is 2.00. The van der Waals surface area contributed by atoms with Gasteiger partial charge < -0.3 is 4.74 Å². The van der Waals surface area contributed by atoms with Gasteiger partial charge in [0.15, 0.2) is 0 Å². The molecule has 0 atom stereocenters. The fourth-order valence-electron chi connectivity index (χ4n) is 1.61. The zero-order valence-corrected chi connectivity index (χ0v) is 10.3. The summed E-state index contributed by atoms with van der Waals surface area (Å²) < 4.78 is 5.72. The Morgan fingerprint density at radius 1 is 1.06 bits per heavy atom. The summed E-state index contributed by atoms with van der Waals surface area (Å²) in [5, 5.41) is 0. The van der Waals surface area contributed by atoms with E-state index in [1.807, 2.05) is 24.3 Å². The molecule has 2 aromatic carbocycles. The highest BCUT2D eigenvalue weighted by molar-refractivity contribution is 5.64. The zero-order chi connectivity index (χ0) is 12.1. The van der Waals surface area contributed by atoms with E-state index in [2.05, 4.69) is 44.2 Å². The van der Waals surface area contributed by atoms with Crippen molar-refractivity contribution in [3.63, 3.8) is 0 Å². The van der Waals surface area contributed by atoms with E-state index in [1.165, 1.54) is 11.1 Å². The van der Waals surface area contributed by atoms with Gasteiger partial charge in [0, 0.05) is 0 Å². The van der Waals surface area contributed by atoms with E-state index in [9.17, 15) is 0 Å². The lowest BCUT2D eigenvalue weighted by atomic mass is 10.1. The average Bonchev–Trinajstić information content (AvgIpc) is 2.38. The summed E-state index contributed by atoms with van der Waals surface area (Å²) >= 11 is 0. The van der Waals surface area contributed by atoms with Crippen LogP contribution in [0.5, 0.6) is 5.75 Å². The molecule has 0 aliphatic heterocycles. The van der Waals surface area contributed by atoms with Gasteiger partial charge in [-0.3, -0.25) is 0 Å². The average molecular weight is 225 g/mol. The third-order valence-corrected chi connectivity index (χ3v) is 2.47. The number of ether oxygens (including phenoxy) is 1. The first kappa shape index (κ1) is 11.7. The van der Waals surface area contributed by atoms with E-state index in [1.54, 1.807) is 0 Å². The molecule has 1 nitrogen and oxygen atoms in total. The van der Waals surface area contributed by atoms with Gasteiger partial charge in [0.05, 0.1) is 6.61 Å². The quantitative estimate of drug-likeness (QED) is 0.758. The van der Waals surface area contributed by atoms with Crippen molar-refractivity contribution in [2.45, 2.75) is 13.8 Å². The van der Waals surface area contributed by atoms with Crippen LogP contribution in [0.4, 0.5) is 0 Å². The van der Waals surface area contributed by atoms with E-state index in [0.29, 0.717) is 5.92 Å². The van der Waals surface area contributed by atoms with Crippen molar-refractivity contribution in [3.8, 4) is 16.9 Å². The maximum absolute atomic E-state index is 5.72. The van der Waals surface area contributed by atoms with Gasteiger partial charge in [-0.1, -0.05) is 50.2 Å². The Morgan fingerprint density at radius 2 is 1.82 bits per heavy atom. The molecule has 0 N–H and O–H groups in total. The Kier molecular flexibility index (Phi) is 3.81. The van der Waals surface area contributed by atoms with Gasteiger partial charge in [0.2, 0.25) is 0 Å². The van der Waals surface area contributed by atoms with Gasteiger partial charge in [-0.25, -0.2) is 0 Å². The maximum Gasteiger partial charge on any atom is 0.119 e. The standard InChI is InChI=1S/C16H17O/c1-13(2)12-17-16-10-6-9-15(11-16)14-7-4-3-5-8-14/h4-11,13H,12H2,1-2H3. The summed E-state index contributed by atoms with van der Waals surface area (Å²) in [6.45, 7) is 5.06. The van der Waals surface area contributed by atoms with Crippen LogP contribution in [-0.2, 0) is 0 Å². The van der Waals surface area contributed by atoms with Crippen LogP contribution in [0.1, 0.15) is 13.8 Å². The van der Waals surface area contributed by atoms with Crippen molar-refractivity contribution < 1.29 is 4.74 Å². The van der Waals surface area contributed by atoms with Crippen LogP contribution in [-0.4, -0.2) is 6.61 Å². The van der Waals surface area contributed by atoms with Crippen LogP contribution >= 0.6 is 0 Å². The first-order valence-corrected chi connectivity index (χ1v) is 5.95. The van der Waals surface area contributed by atoms with Crippen LogP contribution in [0.3, 0.4) is 0 Å². The van der Waals surface area contributed by atoms with Crippen molar-refractivity contribution >= 4 is 0 Å². The predicted octanol–water partition coefficient (Wildman–Crippen LogP) is 4.19. The summed E-state index contributed by atoms with van der Waals surface area (Å²) in [7, 11) is 0. The van der Waals surface area contributed by atoms with Crippen LogP contribution in [0.15, 0.2) is 48.5 Å². The molecule has 2 rings (SSSR count). The third-order valence-electron chi connectivity index (χ3n) is 2.47. The van der Waals surface area contributed by atoms with Crippen LogP contribution in [0, 0.1) is 12.0 Å². The Labute approximate surface area is 103 Å². The fraction of sp³-hybridized carbons (Fsp3) is 0.250. The minimum Gasteiger partial charge on any atom is -0.493 e. The van der Waals surface area contributed by atoms with Crippen molar-refractivity contribution in [1.29, 1.82) is 0 Å². The summed E-state index contributed by atoms with van der Waals surface area (Å²) in [6, 6.07) is 19.2. The normalized spacial score (nSPS) is 10.5. The largest absolute Gasteiger partial charge is 0.493 e. The summed E-state index contributed by atoms with van der Waals surface area (Å²) in [5.41, 5.74) is 2.37. The van der Waals surface area contributed by atoms with E-state index in [0.717, 1.165) is 12.4 Å². The van der Waals surface area contributed by atoms with Gasteiger partial charge in [-0.05, 0) is 35.2 Å². The van der Waals surface area contributed by atoms with Gasteiger partial charge in [-0.15, -0.1) is 0 Å². The fourth-order valence-corrected chi connectivity index (χ4v) is 1.61. The molecule has 0 saturated carbocycles. The monoisotopic (exact) mass is 225 g/mol. The molecule has 0 saturated heterocycles. The Morgan fingerprint density at radius 3 is 2.53 bits per heavy atom. The highest BCUT2D eigenvalue weighted by Crippen LogP contribution is 2.23. The molecule has 0 amide bonds. The lowest BCUT2D eigenvalue weighted by Gasteiger charge is -2.10. The third kappa shape index (κ3) is 3.35. The Hall–Kier alpha value is -1.76. The smallest absolute Gasteiger partial charge is 0.119 e. The first-order chi connectivity index (χ1) is 8.25. The van der Waals surface area contributed by atoms with Crippen molar-refractivity contribution in [1.82, 2.24) is 0 Å². The number of hydrogen-bond acceptors (Lipinski definition) is 1. The second kappa shape index (κ2) is 5.53. The van der Waals surface area contributed by atoms with Crippen LogP contribution < -0.4 is 4.74 Å². The molecule has 0 unspecified atom stereocenters. The topological polar surface area (TPSA) is 9.23 Å². The molecule has 0 spiro atoms. The first-order valence-electron chi connectivity index (χ1n) is 5.95. The molecule has 1 heteroatoms. The van der Waals surface area contributed by atoms with E-state index in [-0.39, 0.29) is 0 Å². The molecular weight excluding hydrogens is 208 g/mol. The molecule has 0 aliphatic carbocycles. The van der Waals surface area contributed by atoms with E-state index < -0.39 is 0 Å². The summed E-state index contributed by atoms with van der Waals surface area (Å²) in [4.78, 5) is 0. The van der Waals surface area contributed by atoms with Crippen molar-refractivity contribution in [2.75, 3.05) is 6.61 Å². The minimum absolute atomic E-state index is 0.546. The number of hydrogen-bond donors (Lipinski definition) is 0. The van der Waals surface area contributed by atoms with Crippen molar-refractivity contribution in [2.24, 2.45) is 5.92 Å². The second-order valence-electron chi connectivity index (χ2n) is 4.52. The van der Waals surface area contributed by atoms with Gasteiger partial charge in [-0.2, -0.15) is 0 Å². The van der Waals surface area contributed by atoms with Gasteiger partial charge in [0.1, 0.15) is 5.75 Å². The molecule has 17 heavy (non-hydrogen) atoms. The molecule has 0 heterocycles. The lowest BCUT2D eigenvalue weighted by molar-refractivity contribution is 0.271.